The first-order valence-corrected chi connectivity index (χ1v) is 9.57. The number of fused-ring (bicyclic) bond motifs is 1. The van der Waals surface area contributed by atoms with E-state index in [0.717, 1.165) is 36.2 Å². The summed E-state index contributed by atoms with van der Waals surface area (Å²) in [6.07, 6.45) is 6.54. The minimum Gasteiger partial charge on any atom is -0.462 e. The second kappa shape index (κ2) is 7.46. The smallest absolute Gasteiger partial charge is 0.341 e. The van der Waals surface area contributed by atoms with Crippen molar-refractivity contribution in [3.8, 4) is 0 Å². The molecular weight excluding hydrogens is 352 g/mol. The van der Waals surface area contributed by atoms with Gasteiger partial charge < -0.3 is 9.64 Å². The molecule has 0 fully saturated rings. The fourth-order valence-electron chi connectivity index (χ4n) is 3.76. The minimum absolute atomic E-state index is 0.334. The van der Waals surface area contributed by atoms with Crippen molar-refractivity contribution < 1.29 is 9.53 Å². The lowest BCUT2D eigenvalue weighted by Gasteiger charge is -2.30. The van der Waals surface area contributed by atoms with Gasteiger partial charge in [-0.1, -0.05) is 35.9 Å². The first kappa shape index (κ1) is 18.2. The Morgan fingerprint density at radius 3 is 2.86 bits per heavy atom. The third-order valence-electron chi connectivity index (χ3n) is 5.14. The summed E-state index contributed by atoms with van der Waals surface area (Å²) >= 11 is 0. The Morgan fingerprint density at radius 2 is 2.14 bits per heavy atom. The molecule has 1 aliphatic heterocycles. The number of aryl methyl sites for hydroxylation is 2. The molecule has 0 radical (unpaired) electrons. The van der Waals surface area contributed by atoms with E-state index in [1.807, 2.05) is 14.0 Å². The van der Waals surface area contributed by atoms with Gasteiger partial charge in [0.2, 0.25) is 0 Å². The van der Waals surface area contributed by atoms with Crippen molar-refractivity contribution in [1.82, 2.24) is 14.8 Å². The zero-order chi connectivity index (χ0) is 19.7. The maximum absolute atomic E-state index is 12.6. The summed E-state index contributed by atoms with van der Waals surface area (Å²) in [5.41, 5.74) is 5.99. The number of rotatable bonds is 4. The maximum Gasteiger partial charge on any atom is 0.341 e. The van der Waals surface area contributed by atoms with Gasteiger partial charge >= 0.3 is 5.97 Å². The fourth-order valence-corrected chi connectivity index (χ4v) is 3.76. The van der Waals surface area contributed by atoms with E-state index < -0.39 is 0 Å². The molecule has 3 aromatic rings. The zero-order valence-electron chi connectivity index (χ0n) is 16.5. The molecule has 6 nitrogen and oxygen atoms in total. The van der Waals surface area contributed by atoms with Crippen LogP contribution >= 0.6 is 0 Å². The number of benzene rings is 1. The lowest BCUT2D eigenvalue weighted by Crippen LogP contribution is -2.30. The molecule has 0 atom stereocenters. The van der Waals surface area contributed by atoms with E-state index in [-0.39, 0.29) is 5.97 Å². The van der Waals surface area contributed by atoms with Crippen LogP contribution in [0.3, 0.4) is 0 Å². The Kier molecular flexibility index (Phi) is 4.86. The van der Waals surface area contributed by atoms with E-state index in [2.05, 4.69) is 52.2 Å². The number of carbonyl (C=O) groups excluding carboxylic acids is 1. The van der Waals surface area contributed by atoms with E-state index in [1.165, 1.54) is 16.7 Å². The van der Waals surface area contributed by atoms with Crippen LogP contribution in [-0.4, -0.2) is 40.4 Å². The van der Waals surface area contributed by atoms with Gasteiger partial charge in [0.15, 0.2) is 5.65 Å². The van der Waals surface area contributed by atoms with Crippen LogP contribution in [0.4, 0.5) is 5.69 Å². The van der Waals surface area contributed by atoms with Gasteiger partial charge in [-0.25, -0.2) is 9.78 Å². The van der Waals surface area contributed by atoms with Crippen molar-refractivity contribution in [2.75, 3.05) is 24.6 Å². The molecule has 0 aliphatic carbocycles. The average molecular weight is 376 g/mol. The van der Waals surface area contributed by atoms with Gasteiger partial charge in [-0.15, -0.1) is 0 Å². The fraction of sp³-hybridized carbons (Fsp3) is 0.318. The van der Waals surface area contributed by atoms with E-state index in [4.69, 9.17) is 4.74 Å². The standard InChI is InChI=1S/C22H24N4O2/c1-4-28-22(27)19-13-23-21-18(14-24-25(21)3)20(19)26-10-8-16(9-11-26)17-7-5-6-15(2)12-17/h5-8,12-14H,4,9-11H2,1-3H3. The monoisotopic (exact) mass is 376 g/mol. The number of aromatic nitrogens is 3. The number of nitrogens with zero attached hydrogens (tertiary/aromatic N) is 4. The lowest BCUT2D eigenvalue weighted by molar-refractivity contribution is 0.0527. The van der Waals surface area contributed by atoms with E-state index in [1.54, 1.807) is 17.1 Å². The average Bonchev–Trinajstić information content (AvgIpc) is 3.09. The zero-order valence-corrected chi connectivity index (χ0v) is 16.5. The molecule has 0 saturated carbocycles. The van der Waals surface area contributed by atoms with Gasteiger partial charge in [-0.05, 0) is 31.4 Å². The number of esters is 1. The second-order valence-electron chi connectivity index (χ2n) is 7.04. The summed E-state index contributed by atoms with van der Waals surface area (Å²) < 4.78 is 7.00. The summed E-state index contributed by atoms with van der Waals surface area (Å²) in [6, 6.07) is 8.58. The van der Waals surface area contributed by atoms with Crippen molar-refractivity contribution in [2.24, 2.45) is 7.05 Å². The molecule has 0 unspecified atom stereocenters. The highest BCUT2D eigenvalue weighted by Crippen LogP contribution is 2.33. The largest absolute Gasteiger partial charge is 0.462 e. The predicted octanol–water partition coefficient (Wildman–Crippen LogP) is 3.75. The van der Waals surface area contributed by atoms with Crippen molar-refractivity contribution in [3.63, 3.8) is 0 Å². The number of carbonyl (C=O) groups is 1. The molecule has 0 bridgehead atoms. The summed E-state index contributed by atoms with van der Waals surface area (Å²) in [5, 5.41) is 5.21. The van der Waals surface area contributed by atoms with Crippen molar-refractivity contribution in [3.05, 3.63) is 59.4 Å². The van der Waals surface area contributed by atoms with Gasteiger partial charge in [0.25, 0.3) is 0 Å². The number of ether oxygens (including phenoxy) is 1. The summed E-state index contributed by atoms with van der Waals surface area (Å²) in [7, 11) is 1.86. The van der Waals surface area contributed by atoms with Gasteiger partial charge in [-0.2, -0.15) is 5.10 Å². The van der Waals surface area contributed by atoms with Crippen LogP contribution in [-0.2, 0) is 11.8 Å². The quantitative estimate of drug-likeness (QED) is 0.649. The third kappa shape index (κ3) is 3.26. The Labute approximate surface area is 164 Å². The first-order valence-electron chi connectivity index (χ1n) is 9.57. The van der Waals surface area contributed by atoms with Gasteiger partial charge in [0.1, 0.15) is 5.56 Å². The topological polar surface area (TPSA) is 60.2 Å². The Balaban J connectivity index is 1.72. The van der Waals surface area contributed by atoms with E-state index >= 15 is 0 Å². The van der Waals surface area contributed by atoms with Gasteiger partial charge in [0, 0.05) is 26.3 Å². The molecule has 1 aromatic carbocycles. The normalized spacial score (nSPS) is 14.2. The van der Waals surface area contributed by atoms with Gasteiger partial charge in [-0.3, -0.25) is 4.68 Å². The molecule has 0 amide bonds. The van der Waals surface area contributed by atoms with Crippen LogP contribution in [0.5, 0.6) is 0 Å². The highest BCUT2D eigenvalue weighted by Gasteiger charge is 2.24. The minimum atomic E-state index is -0.343. The van der Waals surface area contributed by atoms with Crippen LogP contribution in [0.25, 0.3) is 16.6 Å². The molecule has 0 N–H and O–H groups in total. The van der Waals surface area contributed by atoms with Crippen LogP contribution in [0, 0.1) is 6.92 Å². The number of anilines is 1. The van der Waals surface area contributed by atoms with Crippen LogP contribution in [0.1, 0.15) is 34.8 Å². The van der Waals surface area contributed by atoms with Crippen molar-refractivity contribution >= 4 is 28.3 Å². The molecular formula is C22H24N4O2. The number of hydrogen-bond donors (Lipinski definition) is 0. The molecule has 0 spiro atoms. The highest BCUT2D eigenvalue weighted by molar-refractivity contribution is 6.04. The summed E-state index contributed by atoms with van der Waals surface area (Å²) in [4.78, 5) is 19.2. The van der Waals surface area contributed by atoms with Crippen LogP contribution in [0.2, 0.25) is 0 Å². The predicted molar refractivity (Wildman–Crippen MR) is 110 cm³/mol. The summed E-state index contributed by atoms with van der Waals surface area (Å²) in [5.74, 6) is -0.343. The summed E-state index contributed by atoms with van der Waals surface area (Å²) in [6.45, 7) is 5.80. The molecule has 3 heterocycles. The molecule has 1 aliphatic rings. The first-order chi connectivity index (χ1) is 13.6. The highest BCUT2D eigenvalue weighted by atomic mass is 16.5. The van der Waals surface area contributed by atoms with E-state index in [0.29, 0.717) is 12.2 Å². The lowest BCUT2D eigenvalue weighted by atomic mass is 9.97. The molecule has 4 rings (SSSR count). The molecule has 2 aromatic heterocycles. The molecule has 0 saturated heterocycles. The SMILES string of the molecule is CCOC(=O)c1cnc2c(cnn2C)c1N1CC=C(c2cccc(C)c2)CC1. The number of pyridine rings is 1. The Bertz CT molecular complexity index is 1070. The van der Waals surface area contributed by atoms with Crippen LogP contribution in [0.15, 0.2) is 42.7 Å². The molecule has 144 valence electrons. The molecule has 28 heavy (non-hydrogen) atoms. The van der Waals surface area contributed by atoms with E-state index in [9.17, 15) is 4.79 Å². The molecule has 6 heteroatoms. The Morgan fingerprint density at radius 1 is 1.29 bits per heavy atom. The van der Waals surface area contributed by atoms with Crippen LogP contribution < -0.4 is 4.90 Å². The Hall–Kier alpha value is -3.15. The van der Waals surface area contributed by atoms with Crippen molar-refractivity contribution in [2.45, 2.75) is 20.3 Å². The second-order valence-corrected chi connectivity index (χ2v) is 7.04. The van der Waals surface area contributed by atoms with Crippen molar-refractivity contribution in [1.29, 1.82) is 0 Å². The number of hydrogen-bond acceptors (Lipinski definition) is 5. The maximum atomic E-state index is 12.6. The van der Waals surface area contributed by atoms with Gasteiger partial charge in [0.05, 0.1) is 23.9 Å². The third-order valence-corrected chi connectivity index (χ3v) is 5.14.